The Morgan fingerprint density at radius 1 is 0.893 bits per heavy atom. The smallest absolute Gasteiger partial charge is 0.339 e. The van der Waals surface area contributed by atoms with Crippen molar-refractivity contribution >= 4 is 11.9 Å². The Bertz CT molecular complexity index is 954. The number of ether oxygens (including phenoxy) is 2. The molecule has 0 aliphatic heterocycles. The van der Waals surface area contributed by atoms with Gasteiger partial charge in [-0.25, -0.2) is 4.79 Å². The molecule has 0 radical (unpaired) electrons. The van der Waals surface area contributed by atoms with Crippen molar-refractivity contribution in [1.82, 2.24) is 5.32 Å². The summed E-state index contributed by atoms with van der Waals surface area (Å²) in [7, 11) is 1.59. The molecule has 0 aliphatic rings. The van der Waals surface area contributed by atoms with E-state index in [4.69, 9.17) is 9.47 Å². The van der Waals surface area contributed by atoms with Crippen molar-refractivity contribution in [2.24, 2.45) is 0 Å². The fraction of sp³-hybridized carbons (Fsp3) is 0.130. The molecule has 3 rings (SSSR count). The Morgan fingerprint density at radius 3 is 2.43 bits per heavy atom. The molecule has 0 aliphatic carbocycles. The van der Waals surface area contributed by atoms with E-state index in [1.54, 1.807) is 19.2 Å². The van der Waals surface area contributed by atoms with Gasteiger partial charge in [0.2, 0.25) is 0 Å². The third-order valence-corrected chi connectivity index (χ3v) is 4.19. The lowest BCUT2D eigenvalue weighted by Crippen LogP contribution is -2.28. The van der Waals surface area contributed by atoms with Crippen molar-refractivity contribution in [3.05, 3.63) is 90.0 Å². The van der Waals surface area contributed by atoms with Crippen molar-refractivity contribution in [1.29, 1.82) is 0 Å². The fourth-order valence-electron chi connectivity index (χ4n) is 2.77. The summed E-state index contributed by atoms with van der Waals surface area (Å²) >= 11 is 0. The van der Waals surface area contributed by atoms with Gasteiger partial charge in [0, 0.05) is 6.54 Å². The normalized spacial score (nSPS) is 10.2. The van der Waals surface area contributed by atoms with E-state index in [1.807, 2.05) is 66.7 Å². The SMILES string of the molecule is COc1cccc(CNC(=O)COC(=O)c2ccccc2-c2ccccc2)c1. The van der Waals surface area contributed by atoms with Crippen LogP contribution >= 0.6 is 0 Å². The number of esters is 1. The molecule has 0 aromatic heterocycles. The topological polar surface area (TPSA) is 64.6 Å². The van der Waals surface area contributed by atoms with Gasteiger partial charge in [-0.3, -0.25) is 4.79 Å². The first-order valence-corrected chi connectivity index (χ1v) is 8.88. The maximum absolute atomic E-state index is 12.5. The van der Waals surface area contributed by atoms with Crippen molar-refractivity contribution in [2.45, 2.75) is 6.54 Å². The molecule has 0 spiro atoms. The average molecular weight is 375 g/mol. The Labute approximate surface area is 163 Å². The zero-order chi connectivity index (χ0) is 19.8. The highest BCUT2D eigenvalue weighted by Gasteiger charge is 2.15. The summed E-state index contributed by atoms with van der Waals surface area (Å²) in [6.45, 7) is -0.0138. The quantitative estimate of drug-likeness (QED) is 0.638. The van der Waals surface area contributed by atoms with Crippen LogP contribution in [0.3, 0.4) is 0 Å². The largest absolute Gasteiger partial charge is 0.497 e. The number of carbonyl (C=O) groups excluding carboxylic acids is 2. The summed E-state index contributed by atoms with van der Waals surface area (Å²) in [6, 6.07) is 24.1. The molecule has 1 amide bonds. The number of amides is 1. The van der Waals surface area contributed by atoms with E-state index >= 15 is 0 Å². The van der Waals surface area contributed by atoms with E-state index in [-0.39, 0.29) is 12.5 Å². The fourth-order valence-corrected chi connectivity index (χ4v) is 2.77. The second kappa shape index (κ2) is 9.37. The van der Waals surface area contributed by atoms with Crippen LogP contribution in [0.25, 0.3) is 11.1 Å². The van der Waals surface area contributed by atoms with Crippen molar-refractivity contribution in [2.75, 3.05) is 13.7 Å². The molecule has 142 valence electrons. The van der Waals surface area contributed by atoms with Crippen LogP contribution in [0.5, 0.6) is 5.75 Å². The lowest BCUT2D eigenvalue weighted by molar-refractivity contribution is -0.124. The van der Waals surface area contributed by atoms with Crippen LogP contribution in [-0.2, 0) is 16.1 Å². The van der Waals surface area contributed by atoms with Crippen molar-refractivity contribution in [3.8, 4) is 16.9 Å². The minimum absolute atomic E-state index is 0.328. The maximum Gasteiger partial charge on any atom is 0.339 e. The molecule has 1 N–H and O–H groups in total. The molecule has 3 aromatic carbocycles. The third kappa shape index (κ3) is 4.98. The Kier molecular flexibility index (Phi) is 6.41. The zero-order valence-electron chi connectivity index (χ0n) is 15.6. The van der Waals surface area contributed by atoms with Crippen molar-refractivity contribution < 1.29 is 19.1 Å². The molecule has 0 saturated carbocycles. The number of rotatable bonds is 7. The molecule has 5 nitrogen and oxygen atoms in total. The van der Waals surface area contributed by atoms with Gasteiger partial charge in [0.1, 0.15) is 5.75 Å². The number of nitrogens with one attached hydrogen (secondary N) is 1. The molecule has 0 heterocycles. The predicted octanol–water partition coefficient (Wildman–Crippen LogP) is 3.84. The van der Waals surface area contributed by atoms with E-state index in [2.05, 4.69) is 5.32 Å². The summed E-state index contributed by atoms with van der Waals surface area (Å²) in [4.78, 5) is 24.5. The highest BCUT2D eigenvalue weighted by molar-refractivity contribution is 5.98. The van der Waals surface area contributed by atoms with Crippen LogP contribution in [0.1, 0.15) is 15.9 Å². The molecular weight excluding hydrogens is 354 g/mol. The summed E-state index contributed by atoms with van der Waals surface area (Å²) in [5.74, 6) is -0.181. The monoisotopic (exact) mass is 375 g/mol. The van der Waals surface area contributed by atoms with Crippen LogP contribution in [0.15, 0.2) is 78.9 Å². The van der Waals surface area contributed by atoms with Gasteiger partial charge in [-0.15, -0.1) is 0 Å². The zero-order valence-corrected chi connectivity index (χ0v) is 15.6. The molecule has 0 unspecified atom stereocenters. The Morgan fingerprint density at radius 2 is 1.64 bits per heavy atom. The minimum Gasteiger partial charge on any atom is -0.497 e. The second-order valence-corrected chi connectivity index (χ2v) is 6.12. The van der Waals surface area contributed by atoms with E-state index in [1.165, 1.54) is 0 Å². The number of methoxy groups -OCH3 is 1. The average Bonchev–Trinajstić information content (AvgIpc) is 2.76. The Hall–Kier alpha value is -3.60. The van der Waals surface area contributed by atoms with Gasteiger partial charge in [0.25, 0.3) is 5.91 Å². The molecular formula is C23H21NO4. The lowest BCUT2D eigenvalue weighted by atomic mass is 10.00. The number of hydrogen-bond donors (Lipinski definition) is 1. The molecule has 0 saturated heterocycles. The van der Waals surface area contributed by atoms with Gasteiger partial charge >= 0.3 is 5.97 Å². The summed E-state index contributed by atoms with van der Waals surface area (Å²) in [5, 5.41) is 2.73. The van der Waals surface area contributed by atoms with Gasteiger partial charge in [0.15, 0.2) is 6.61 Å². The first kappa shape index (κ1) is 19.2. The highest BCUT2D eigenvalue weighted by atomic mass is 16.5. The van der Waals surface area contributed by atoms with Crippen LogP contribution in [-0.4, -0.2) is 25.6 Å². The molecule has 3 aromatic rings. The van der Waals surface area contributed by atoms with Crippen LogP contribution in [0.4, 0.5) is 0 Å². The third-order valence-electron chi connectivity index (χ3n) is 4.19. The van der Waals surface area contributed by atoms with Crippen LogP contribution in [0.2, 0.25) is 0 Å². The van der Waals surface area contributed by atoms with Gasteiger partial charge in [-0.2, -0.15) is 0 Å². The van der Waals surface area contributed by atoms with Crippen molar-refractivity contribution in [3.63, 3.8) is 0 Å². The summed E-state index contributed by atoms with van der Waals surface area (Å²) in [6.07, 6.45) is 0. The van der Waals surface area contributed by atoms with E-state index in [0.29, 0.717) is 12.1 Å². The Balaban J connectivity index is 1.58. The van der Waals surface area contributed by atoms with Crippen LogP contribution < -0.4 is 10.1 Å². The highest BCUT2D eigenvalue weighted by Crippen LogP contribution is 2.24. The molecule has 0 atom stereocenters. The molecule has 0 bridgehead atoms. The van der Waals surface area contributed by atoms with E-state index in [9.17, 15) is 9.59 Å². The first-order valence-electron chi connectivity index (χ1n) is 8.88. The minimum atomic E-state index is -0.531. The standard InChI is InChI=1S/C23H21NO4/c1-27-19-11-7-8-17(14-19)15-24-22(25)16-28-23(26)21-13-6-5-12-20(21)18-9-3-2-4-10-18/h2-14H,15-16H2,1H3,(H,24,25). The van der Waals surface area contributed by atoms with Crippen LogP contribution in [0, 0.1) is 0 Å². The van der Waals surface area contributed by atoms with E-state index in [0.717, 1.165) is 22.4 Å². The van der Waals surface area contributed by atoms with Gasteiger partial charge in [-0.1, -0.05) is 60.7 Å². The number of carbonyl (C=O) groups is 2. The summed E-state index contributed by atoms with van der Waals surface area (Å²) in [5.41, 5.74) is 3.00. The lowest BCUT2D eigenvalue weighted by Gasteiger charge is -2.10. The summed E-state index contributed by atoms with van der Waals surface area (Å²) < 4.78 is 10.4. The number of hydrogen-bond acceptors (Lipinski definition) is 4. The maximum atomic E-state index is 12.5. The van der Waals surface area contributed by atoms with Gasteiger partial charge < -0.3 is 14.8 Å². The molecule has 28 heavy (non-hydrogen) atoms. The first-order chi connectivity index (χ1) is 13.7. The van der Waals surface area contributed by atoms with Gasteiger partial charge in [0.05, 0.1) is 12.7 Å². The van der Waals surface area contributed by atoms with E-state index < -0.39 is 5.97 Å². The van der Waals surface area contributed by atoms with Gasteiger partial charge in [-0.05, 0) is 34.9 Å². The molecule has 5 heteroatoms. The number of benzene rings is 3. The molecule has 0 fully saturated rings. The predicted molar refractivity (Wildman–Crippen MR) is 107 cm³/mol. The second-order valence-electron chi connectivity index (χ2n) is 6.12.